The van der Waals surface area contributed by atoms with Gasteiger partial charge in [0.25, 0.3) is 0 Å². The third-order valence-electron chi connectivity index (χ3n) is 2.32. The van der Waals surface area contributed by atoms with Gasteiger partial charge in [-0.2, -0.15) is 0 Å². The monoisotopic (exact) mass is 188 g/mol. The van der Waals surface area contributed by atoms with Gasteiger partial charge < -0.3 is 15.7 Å². The van der Waals surface area contributed by atoms with Gasteiger partial charge >= 0.3 is 0 Å². The highest BCUT2D eigenvalue weighted by Crippen LogP contribution is 1.95. The van der Waals surface area contributed by atoms with Gasteiger partial charge in [0, 0.05) is 18.6 Å². The van der Waals surface area contributed by atoms with Crippen molar-refractivity contribution in [2.24, 2.45) is 0 Å². The molecule has 0 aliphatic rings. The number of aliphatic hydroxyl groups is 1. The van der Waals surface area contributed by atoms with Crippen LogP contribution in [0.3, 0.4) is 0 Å². The molecule has 2 atom stereocenters. The summed E-state index contributed by atoms with van der Waals surface area (Å²) in [5.41, 5.74) is 0. The second-order valence-corrected chi connectivity index (χ2v) is 3.37. The largest absolute Gasteiger partial charge is 0.395 e. The summed E-state index contributed by atoms with van der Waals surface area (Å²) in [5.74, 6) is 0. The Kier molecular flexibility index (Phi) is 8.40. The molecule has 0 amide bonds. The number of nitrogens with one attached hydrogen (secondary N) is 2. The molecule has 2 unspecified atom stereocenters. The van der Waals surface area contributed by atoms with E-state index in [4.69, 9.17) is 5.11 Å². The van der Waals surface area contributed by atoms with E-state index in [1.54, 1.807) is 0 Å². The van der Waals surface area contributed by atoms with Crippen LogP contribution in [0.25, 0.3) is 0 Å². The first-order valence-corrected chi connectivity index (χ1v) is 5.35. The van der Waals surface area contributed by atoms with Crippen LogP contribution in [0.4, 0.5) is 0 Å². The fraction of sp³-hybridized carbons (Fsp3) is 1.00. The SMILES string of the molecule is CCNCC(CC)NC(CC)CO. The topological polar surface area (TPSA) is 44.3 Å². The molecule has 0 saturated carbocycles. The van der Waals surface area contributed by atoms with Crippen molar-refractivity contribution < 1.29 is 5.11 Å². The van der Waals surface area contributed by atoms with Crippen molar-refractivity contribution in [3.63, 3.8) is 0 Å². The van der Waals surface area contributed by atoms with Crippen LogP contribution in [-0.4, -0.2) is 36.9 Å². The third kappa shape index (κ3) is 6.02. The predicted molar refractivity (Wildman–Crippen MR) is 56.9 cm³/mol. The van der Waals surface area contributed by atoms with E-state index in [1.165, 1.54) is 0 Å². The zero-order valence-electron chi connectivity index (χ0n) is 9.14. The van der Waals surface area contributed by atoms with E-state index in [1.807, 2.05) is 0 Å². The molecule has 3 heteroatoms. The molecule has 80 valence electrons. The molecule has 0 bridgehead atoms. The van der Waals surface area contributed by atoms with Gasteiger partial charge in [-0.3, -0.25) is 0 Å². The van der Waals surface area contributed by atoms with Gasteiger partial charge in [-0.1, -0.05) is 20.8 Å². The summed E-state index contributed by atoms with van der Waals surface area (Å²) < 4.78 is 0. The number of aliphatic hydroxyl groups excluding tert-OH is 1. The Balaban J connectivity index is 3.67. The highest BCUT2D eigenvalue weighted by molar-refractivity contribution is 4.73. The zero-order chi connectivity index (χ0) is 10.1. The van der Waals surface area contributed by atoms with Crippen LogP contribution in [0.1, 0.15) is 33.6 Å². The Labute approximate surface area is 81.9 Å². The van der Waals surface area contributed by atoms with Crippen molar-refractivity contribution in [2.75, 3.05) is 19.7 Å². The molecule has 0 radical (unpaired) electrons. The van der Waals surface area contributed by atoms with E-state index >= 15 is 0 Å². The average molecular weight is 188 g/mol. The van der Waals surface area contributed by atoms with Gasteiger partial charge in [-0.15, -0.1) is 0 Å². The Morgan fingerprint density at radius 2 is 1.69 bits per heavy atom. The standard InChI is InChI=1S/C10H24N2O/c1-4-9(7-11-6-3)12-10(5-2)8-13/h9-13H,4-8H2,1-3H3. The van der Waals surface area contributed by atoms with Crippen LogP contribution >= 0.6 is 0 Å². The maximum absolute atomic E-state index is 9.01. The summed E-state index contributed by atoms with van der Waals surface area (Å²) in [6, 6.07) is 0.737. The molecule has 3 nitrogen and oxygen atoms in total. The Hall–Kier alpha value is -0.120. The molecule has 0 rings (SSSR count). The van der Waals surface area contributed by atoms with E-state index in [9.17, 15) is 0 Å². The summed E-state index contributed by atoms with van der Waals surface area (Å²) in [6.45, 7) is 8.60. The van der Waals surface area contributed by atoms with Gasteiger partial charge in [0.2, 0.25) is 0 Å². The van der Waals surface area contributed by atoms with Crippen LogP contribution in [-0.2, 0) is 0 Å². The molecule has 0 fully saturated rings. The second kappa shape index (κ2) is 8.48. The summed E-state index contributed by atoms with van der Waals surface area (Å²) in [4.78, 5) is 0. The van der Waals surface area contributed by atoms with E-state index in [0.29, 0.717) is 6.04 Å². The van der Waals surface area contributed by atoms with E-state index in [0.717, 1.165) is 25.9 Å². The number of hydrogen-bond donors (Lipinski definition) is 3. The minimum absolute atomic E-state index is 0.235. The fourth-order valence-electron chi connectivity index (χ4n) is 1.27. The first kappa shape index (κ1) is 12.9. The molecule has 0 heterocycles. The van der Waals surface area contributed by atoms with Crippen LogP contribution in [0.2, 0.25) is 0 Å². The van der Waals surface area contributed by atoms with Crippen LogP contribution in [0.15, 0.2) is 0 Å². The van der Waals surface area contributed by atoms with Crippen molar-refractivity contribution in [1.29, 1.82) is 0 Å². The summed E-state index contributed by atoms with van der Waals surface area (Å²) >= 11 is 0. The van der Waals surface area contributed by atoms with Crippen molar-refractivity contribution in [2.45, 2.75) is 45.7 Å². The third-order valence-corrected chi connectivity index (χ3v) is 2.32. The van der Waals surface area contributed by atoms with E-state index < -0.39 is 0 Å². The lowest BCUT2D eigenvalue weighted by Crippen LogP contribution is -2.45. The summed E-state index contributed by atoms with van der Waals surface area (Å²) in [6.07, 6.45) is 2.09. The second-order valence-electron chi connectivity index (χ2n) is 3.37. The lowest BCUT2D eigenvalue weighted by atomic mass is 10.1. The van der Waals surface area contributed by atoms with E-state index in [-0.39, 0.29) is 12.6 Å². The van der Waals surface area contributed by atoms with Crippen molar-refractivity contribution in [1.82, 2.24) is 10.6 Å². The fourth-order valence-corrected chi connectivity index (χ4v) is 1.27. The maximum atomic E-state index is 9.01. The summed E-state index contributed by atoms with van der Waals surface area (Å²) in [7, 11) is 0. The molecule has 3 N–H and O–H groups in total. The van der Waals surface area contributed by atoms with Gasteiger partial charge in [0.1, 0.15) is 0 Å². The molecule has 0 saturated heterocycles. The van der Waals surface area contributed by atoms with Crippen LogP contribution in [0.5, 0.6) is 0 Å². The van der Waals surface area contributed by atoms with Gasteiger partial charge in [-0.25, -0.2) is 0 Å². The Bertz CT molecular complexity index is 105. The highest BCUT2D eigenvalue weighted by atomic mass is 16.3. The van der Waals surface area contributed by atoms with Gasteiger partial charge in [0.05, 0.1) is 6.61 Å². The summed E-state index contributed by atoms with van der Waals surface area (Å²) in [5, 5.41) is 15.7. The molecular formula is C10H24N2O. The lowest BCUT2D eigenvalue weighted by Gasteiger charge is -2.22. The Morgan fingerprint density at radius 3 is 2.08 bits per heavy atom. The molecule has 0 aromatic heterocycles. The Morgan fingerprint density at radius 1 is 1.08 bits per heavy atom. The number of rotatable bonds is 8. The van der Waals surface area contributed by atoms with Gasteiger partial charge in [0.15, 0.2) is 0 Å². The zero-order valence-corrected chi connectivity index (χ0v) is 9.14. The van der Waals surface area contributed by atoms with Crippen molar-refractivity contribution >= 4 is 0 Å². The smallest absolute Gasteiger partial charge is 0.0584 e. The van der Waals surface area contributed by atoms with Crippen molar-refractivity contribution in [3.8, 4) is 0 Å². The first-order valence-electron chi connectivity index (χ1n) is 5.35. The van der Waals surface area contributed by atoms with E-state index in [2.05, 4.69) is 31.4 Å². The quantitative estimate of drug-likeness (QED) is 0.526. The molecule has 13 heavy (non-hydrogen) atoms. The number of hydrogen-bond acceptors (Lipinski definition) is 3. The number of likely N-dealkylation sites (N-methyl/N-ethyl adjacent to an activating group) is 1. The normalized spacial score (nSPS) is 15.7. The molecule has 0 aromatic rings. The van der Waals surface area contributed by atoms with Crippen LogP contribution < -0.4 is 10.6 Å². The minimum atomic E-state index is 0.235. The molecule has 0 spiro atoms. The van der Waals surface area contributed by atoms with Crippen molar-refractivity contribution in [3.05, 3.63) is 0 Å². The average Bonchev–Trinajstić information content (AvgIpc) is 2.19. The lowest BCUT2D eigenvalue weighted by molar-refractivity contribution is 0.225. The van der Waals surface area contributed by atoms with Gasteiger partial charge in [-0.05, 0) is 19.4 Å². The minimum Gasteiger partial charge on any atom is -0.395 e. The molecule has 0 aliphatic carbocycles. The molecule has 0 aromatic carbocycles. The highest BCUT2D eigenvalue weighted by Gasteiger charge is 2.10. The first-order chi connectivity index (χ1) is 6.28. The molecule has 0 aliphatic heterocycles. The molecular weight excluding hydrogens is 164 g/mol. The van der Waals surface area contributed by atoms with Crippen LogP contribution in [0, 0.1) is 0 Å². The predicted octanol–water partition coefficient (Wildman–Crippen LogP) is 0.735. The maximum Gasteiger partial charge on any atom is 0.0584 e.